The average molecular weight is 360 g/mol. The lowest BCUT2D eigenvalue weighted by Crippen LogP contribution is -2.39. The second kappa shape index (κ2) is 7.89. The van der Waals surface area contributed by atoms with E-state index in [1.807, 2.05) is 55.5 Å². The van der Waals surface area contributed by atoms with Gasteiger partial charge in [0.1, 0.15) is 11.8 Å². The first-order valence-electron chi connectivity index (χ1n) is 8.57. The number of likely N-dealkylation sites (tertiary alicyclic amines) is 1. The number of benzene rings is 2. The lowest BCUT2D eigenvalue weighted by Gasteiger charge is -2.32. The molecule has 0 amide bonds. The molecule has 4 nitrogen and oxygen atoms in total. The first-order chi connectivity index (χ1) is 12.1. The maximum atomic E-state index is 11.7. The summed E-state index contributed by atoms with van der Waals surface area (Å²) in [6.45, 7) is 3.33. The van der Waals surface area contributed by atoms with E-state index in [4.69, 9.17) is 16.3 Å². The van der Waals surface area contributed by atoms with E-state index in [2.05, 4.69) is 4.90 Å². The van der Waals surface area contributed by atoms with Crippen molar-refractivity contribution in [2.75, 3.05) is 13.2 Å². The predicted octanol–water partition coefficient (Wildman–Crippen LogP) is 4.38. The highest BCUT2D eigenvalue weighted by atomic mass is 35.5. The molecule has 0 radical (unpaired) electrons. The van der Waals surface area contributed by atoms with Gasteiger partial charge in [-0.2, -0.15) is 0 Å². The zero-order valence-electron chi connectivity index (χ0n) is 14.2. The van der Waals surface area contributed by atoms with Gasteiger partial charge >= 0.3 is 5.97 Å². The van der Waals surface area contributed by atoms with Crippen LogP contribution in [-0.4, -0.2) is 35.2 Å². The smallest absolute Gasteiger partial charge is 0.320 e. The van der Waals surface area contributed by atoms with E-state index in [9.17, 15) is 9.90 Å². The molecular weight excluding hydrogens is 338 g/mol. The highest BCUT2D eigenvalue weighted by Crippen LogP contribution is 2.36. The van der Waals surface area contributed by atoms with E-state index >= 15 is 0 Å². The molecule has 2 aromatic rings. The van der Waals surface area contributed by atoms with Crippen LogP contribution >= 0.6 is 11.6 Å². The highest BCUT2D eigenvalue weighted by Gasteiger charge is 2.36. The molecule has 0 aromatic heterocycles. The Morgan fingerprint density at radius 1 is 1.20 bits per heavy atom. The van der Waals surface area contributed by atoms with Crippen molar-refractivity contribution in [3.05, 3.63) is 64.7 Å². The van der Waals surface area contributed by atoms with Gasteiger partial charge in [-0.1, -0.05) is 35.9 Å². The number of carboxylic acid groups (broad SMARTS) is 1. The number of hydrogen-bond acceptors (Lipinski definition) is 3. The van der Waals surface area contributed by atoms with E-state index in [-0.39, 0.29) is 6.04 Å². The molecule has 132 valence electrons. The van der Waals surface area contributed by atoms with Crippen molar-refractivity contribution in [1.29, 1.82) is 0 Å². The maximum absolute atomic E-state index is 11.7. The summed E-state index contributed by atoms with van der Waals surface area (Å²) in [5, 5.41) is 10.3. The number of aliphatic carboxylic acids is 1. The summed E-state index contributed by atoms with van der Waals surface area (Å²) in [4.78, 5) is 13.8. The molecule has 1 aliphatic heterocycles. The van der Waals surface area contributed by atoms with Crippen LogP contribution in [0.2, 0.25) is 5.02 Å². The van der Waals surface area contributed by atoms with Crippen molar-refractivity contribution in [3.8, 4) is 5.75 Å². The van der Waals surface area contributed by atoms with Crippen LogP contribution in [-0.2, 0) is 4.79 Å². The van der Waals surface area contributed by atoms with Crippen LogP contribution in [0, 0.1) is 0 Å². The zero-order valence-corrected chi connectivity index (χ0v) is 14.9. The molecule has 2 atom stereocenters. The SMILES string of the molecule is CCOc1ccc(C(c2ccc(Cl)cc2)N2CCCC2C(=O)O)cc1. The summed E-state index contributed by atoms with van der Waals surface area (Å²) in [6.07, 6.45) is 1.56. The van der Waals surface area contributed by atoms with Crippen molar-refractivity contribution < 1.29 is 14.6 Å². The minimum Gasteiger partial charge on any atom is -0.494 e. The molecule has 2 unspecified atom stereocenters. The topological polar surface area (TPSA) is 49.8 Å². The Morgan fingerprint density at radius 3 is 2.36 bits per heavy atom. The van der Waals surface area contributed by atoms with E-state index in [1.54, 1.807) is 0 Å². The number of carbonyl (C=O) groups is 1. The molecule has 0 saturated carbocycles. The second-order valence-electron chi connectivity index (χ2n) is 6.19. The van der Waals surface area contributed by atoms with Gasteiger partial charge in [-0.3, -0.25) is 9.69 Å². The van der Waals surface area contributed by atoms with Gasteiger partial charge in [-0.15, -0.1) is 0 Å². The van der Waals surface area contributed by atoms with Gasteiger partial charge in [0.05, 0.1) is 12.6 Å². The standard InChI is InChI=1S/C20H22ClNO3/c1-2-25-17-11-7-15(8-12-17)19(14-5-9-16(21)10-6-14)22-13-3-4-18(22)20(23)24/h5-12,18-19H,2-4,13H2,1H3,(H,23,24). The van der Waals surface area contributed by atoms with Crippen LogP contribution in [0.25, 0.3) is 0 Å². The fraction of sp³-hybridized carbons (Fsp3) is 0.350. The van der Waals surface area contributed by atoms with Crippen LogP contribution in [0.1, 0.15) is 36.9 Å². The van der Waals surface area contributed by atoms with Gasteiger partial charge < -0.3 is 9.84 Å². The third-order valence-electron chi connectivity index (χ3n) is 4.60. The van der Waals surface area contributed by atoms with Gasteiger partial charge in [0, 0.05) is 11.6 Å². The summed E-state index contributed by atoms with van der Waals surface area (Å²) in [5.41, 5.74) is 2.10. The minimum atomic E-state index is -0.762. The maximum Gasteiger partial charge on any atom is 0.320 e. The molecule has 0 spiro atoms. The van der Waals surface area contributed by atoms with Gasteiger partial charge in [0.2, 0.25) is 0 Å². The highest BCUT2D eigenvalue weighted by molar-refractivity contribution is 6.30. The van der Waals surface area contributed by atoms with Gasteiger partial charge in [-0.25, -0.2) is 0 Å². The van der Waals surface area contributed by atoms with Crippen molar-refractivity contribution in [3.63, 3.8) is 0 Å². The Kier molecular flexibility index (Phi) is 5.61. The molecular formula is C20H22ClNO3. The fourth-order valence-corrected chi connectivity index (χ4v) is 3.62. The molecule has 0 aliphatic carbocycles. The number of halogens is 1. The van der Waals surface area contributed by atoms with E-state index in [0.717, 1.165) is 29.8 Å². The third kappa shape index (κ3) is 3.97. The lowest BCUT2D eigenvalue weighted by molar-refractivity contribution is -0.142. The summed E-state index contributed by atoms with van der Waals surface area (Å²) in [6, 6.07) is 15.0. The predicted molar refractivity (Wildman–Crippen MR) is 98.3 cm³/mol. The Morgan fingerprint density at radius 2 is 1.80 bits per heavy atom. The van der Waals surface area contributed by atoms with Crippen LogP contribution in [0.5, 0.6) is 5.75 Å². The summed E-state index contributed by atoms with van der Waals surface area (Å²) in [5.74, 6) is 0.0553. The Labute approximate surface area is 153 Å². The third-order valence-corrected chi connectivity index (χ3v) is 4.86. The average Bonchev–Trinajstić information content (AvgIpc) is 3.08. The zero-order chi connectivity index (χ0) is 17.8. The van der Waals surface area contributed by atoms with E-state index in [0.29, 0.717) is 18.1 Å². The van der Waals surface area contributed by atoms with E-state index in [1.165, 1.54) is 0 Å². The van der Waals surface area contributed by atoms with Gasteiger partial charge in [-0.05, 0) is 55.2 Å². The van der Waals surface area contributed by atoms with Gasteiger partial charge in [0.25, 0.3) is 0 Å². The first kappa shape index (κ1) is 17.8. The van der Waals surface area contributed by atoms with Gasteiger partial charge in [0.15, 0.2) is 0 Å². The summed E-state index contributed by atoms with van der Waals surface area (Å²) >= 11 is 6.03. The van der Waals surface area contributed by atoms with E-state index < -0.39 is 12.0 Å². The molecule has 1 aliphatic rings. The number of nitrogens with zero attached hydrogens (tertiary/aromatic N) is 1. The van der Waals surface area contributed by atoms with Crippen LogP contribution in [0.3, 0.4) is 0 Å². The second-order valence-corrected chi connectivity index (χ2v) is 6.63. The molecule has 1 saturated heterocycles. The number of carboxylic acids is 1. The Balaban J connectivity index is 1.99. The summed E-state index contributed by atoms with van der Waals surface area (Å²) < 4.78 is 5.52. The summed E-state index contributed by atoms with van der Waals surface area (Å²) in [7, 11) is 0. The van der Waals surface area contributed by atoms with Crippen LogP contribution in [0.15, 0.2) is 48.5 Å². The molecule has 5 heteroatoms. The minimum absolute atomic E-state index is 0.114. The Bertz CT molecular complexity index is 715. The molecule has 3 rings (SSSR count). The van der Waals surface area contributed by atoms with Crippen LogP contribution < -0.4 is 4.74 Å². The molecule has 0 bridgehead atoms. The number of hydrogen-bond donors (Lipinski definition) is 1. The normalized spacial score (nSPS) is 18.9. The van der Waals surface area contributed by atoms with Crippen molar-refractivity contribution >= 4 is 17.6 Å². The number of ether oxygens (including phenoxy) is 1. The van der Waals surface area contributed by atoms with Crippen molar-refractivity contribution in [1.82, 2.24) is 4.90 Å². The quantitative estimate of drug-likeness (QED) is 0.831. The largest absolute Gasteiger partial charge is 0.494 e. The fourth-order valence-electron chi connectivity index (χ4n) is 3.50. The number of rotatable bonds is 6. The molecule has 1 fully saturated rings. The Hall–Kier alpha value is -2.04. The monoisotopic (exact) mass is 359 g/mol. The molecule has 1 N–H and O–H groups in total. The molecule has 1 heterocycles. The van der Waals surface area contributed by atoms with Crippen molar-refractivity contribution in [2.24, 2.45) is 0 Å². The van der Waals surface area contributed by atoms with Crippen LogP contribution in [0.4, 0.5) is 0 Å². The molecule has 25 heavy (non-hydrogen) atoms. The first-order valence-corrected chi connectivity index (χ1v) is 8.94. The lowest BCUT2D eigenvalue weighted by atomic mass is 9.96. The molecule has 2 aromatic carbocycles. The van der Waals surface area contributed by atoms with Crippen molar-refractivity contribution in [2.45, 2.75) is 31.8 Å².